The standard InChI is InChI=1S/C12H15NO6S/c14-10-4-5-11(9(7-10)8-20)19-12(15)3-1-2-6-18-13(16)17/h4-5,7,14,20H,1-3,6,8H2. The van der Waals surface area contributed by atoms with Crippen LogP contribution in [0.25, 0.3) is 0 Å². The lowest BCUT2D eigenvalue weighted by Crippen LogP contribution is -2.10. The Morgan fingerprint density at radius 3 is 2.80 bits per heavy atom. The fourth-order valence-corrected chi connectivity index (χ4v) is 1.72. The van der Waals surface area contributed by atoms with Crippen molar-refractivity contribution in [3.05, 3.63) is 33.9 Å². The van der Waals surface area contributed by atoms with Crippen molar-refractivity contribution in [1.29, 1.82) is 0 Å². The third kappa shape index (κ3) is 5.79. The number of thiol groups is 1. The van der Waals surface area contributed by atoms with Crippen molar-refractivity contribution in [2.45, 2.75) is 25.0 Å². The number of unbranched alkanes of at least 4 members (excludes halogenated alkanes) is 1. The van der Waals surface area contributed by atoms with Gasteiger partial charge >= 0.3 is 5.97 Å². The maximum atomic E-state index is 11.6. The first kappa shape index (κ1) is 16.1. The first-order chi connectivity index (χ1) is 9.52. The Hall–Kier alpha value is -1.96. The maximum Gasteiger partial charge on any atom is 0.311 e. The average molecular weight is 301 g/mol. The van der Waals surface area contributed by atoms with Crippen LogP contribution in [0, 0.1) is 10.1 Å². The topological polar surface area (TPSA) is 98.9 Å². The van der Waals surface area contributed by atoms with Crippen LogP contribution in [0.3, 0.4) is 0 Å². The van der Waals surface area contributed by atoms with Crippen LogP contribution in [0.15, 0.2) is 18.2 Å². The van der Waals surface area contributed by atoms with E-state index in [9.17, 15) is 20.0 Å². The van der Waals surface area contributed by atoms with Crippen molar-refractivity contribution >= 4 is 18.6 Å². The summed E-state index contributed by atoms with van der Waals surface area (Å²) in [6, 6.07) is 4.38. The second-order valence-electron chi connectivity index (χ2n) is 3.94. The van der Waals surface area contributed by atoms with Crippen molar-refractivity contribution < 1.29 is 24.6 Å². The molecule has 1 N–H and O–H groups in total. The molecule has 1 rings (SSSR count). The summed E-state index contributed by atoms with van der Waals surface area (Å²) in [5, 5.41) is 18.3. The van der Waals surface area contributed by atoms with Gasteiger partial charge in [0.2, 0.25) is 0 Å². The SMILES string of the molecule is O=C(CCCCO[N+](=O)[O-])Oc1ccc(O)cc1CS. The van der Waals surface area contributed by atoms with Gasteiger partial charge in [-0.3, -0.25) is 4.79 Å². The number of ether oxygens (including phenoxy) is 1. The van der Waals surface area contributed by atoms with Gasteiger partial charge in [0.05, 0.1) is 6.61 Å². The molecule has 0 radical (unpaired) electrons. The lowest BCUT2D eigenvalue weighted by Gasteiger charge is -2.08. The molecule has 1 aromatic rings. The van der Waals surface area contributed by atoms with Gasteiger partial charge in [0, 0.05) is 17.7 Å². The molecule has 0 aliphatic rings. The van der Waals surface area contributed by atoms with Crippen molar-refractivity contribution in [2.24, 2.45) is 0 Å². The molecular formula is C12H15NO6S. The van der Waals surface area contributed by atoms with E-state index in [4.69, 9.17) is 4.74 Å². The summed E-state index contributed by atoms with van der Waals surface area (Å²) < 4.78 is 5.15. The molecule has 0 aliphatic heterocycles. The number of phenols is 1. The highest BCUT2D eigenvalue weighted by Crippen LogP contribution is 2.25. The molecule has 0 unspecified atom stereocenters. The number of hydrogen-bond acceptors (Lipinski definition) is 7. The van der Waals surface area contributed by atoms with Crippen LogP contribution in [-0.4, -0.2) is 22.8 Å². The van der Waals surface area contributed by atoms with Crippen molar-refractivity contribution in [2.75, 3.05) is 6.61 Å². The van der Waals surface area contributed by atoms with Crippen LogP contribution in [0.5, 0.6) is 11.5 Å². The van der Waals surface area contributed by atoms with Gasteiger partial charge in [-0.1, -0.05) is 0 Å². The first-order valence-electron chi connectivity index (χ1n) is 5.93. The molecule has 0 amide bonds. The fraction of sp³-hybridized carbons (Fsp3) is 0.417. The van der Waals surface area contributed by atoms with Gasteiger partial charge in [-0.25, -0.2) is 0 Å². The highest BCUT2D eigenvalue weighted by molar-refractivity contribution is 7.79. The summed E-state index contributed by atoms with van der Waals surface area (Å²) in [6.45, 7) is -0.0403. The molecule has 0 bridgehead atoms. The Morgan fingerprint density at radius 2 is 2.15 bits per heavy atom. The van der Waals surface area contributed by atoms with Gasteiger partial charge in [0.15, 0.2) is 0 Å². The Morgan fingerprint density at radius 1 is 1.40 bits per heavy atom. The minimum absolute atomic E-state index is 0.0403. The summed E-state index contributed by atoms with van der Waals surface area (Å²) >= 11 is 4.08. The second kappa shape index (κ2) is 8.26. The van der Waals surface area contributed by atoms with Gasteiger partial charge in [0.25, 0.3) is 5.09 Å². The van der Waals surface area contributed by atoms with Crippen molar-refractivity contribution in [3.8, 4) is 11.5 Å². The largest absolute Gasteiger partial charge is 0.508 e. The number of carbonyl (C=O) groups excluding carboxylic acids is 1. The average Bonchev–Trinajstić information content (AvgIpc) is 2.40. The molecule has 0 saturated heterocycles. The molecule has 0 aliphatic carbocycles. The molecule has 0 saturated carbocycles. The minimum atomic E-state index is -0.867. The van der Waals surface area contributed by atoms with Gasteiger partial charge in [-0.2, -0.15) is 12.6 Å². The van der Waals surface area contributed by atoms with Crippen LogP contribution in [0.4, 0.5) is 0 Å². The van der Waals surface area contributed by atoms with Crippen LogP contribution in [0.2, 0.25) is 0 Å². The van der Waals surface area contributed by atoms with E-state index in [1.807, 2.05) is 0 Å². The van der Waals surface area contributed by atoms with E-state index in [1.165, 1.54) is 18.2 Å². The Labute approximate surface area is 121 Å². The number of hydrogen-bond donors (Lipinski definition) is 2. The predicted octanol–water partition coefficient (Wildman–Crippen LogP) is 2.11. The third-order valence-corrected chi connectivity index (χ3v) is 2.75. The first-order valence-corrected chi connectivity index (χ1v) is 6.57. The summed E-state index contributed by atoms with van der Waals surface area (Å²) in [5.74, 6) is 0.309. The van der Waals surface area contributed by atoms with Gasteiger partial charge in [0.1, 0.15) is 11.5 Å². The van der Waals surface area contributed by atoms with Gasteiger partial charge in [-0.15, -0.1) is 10.1 Å². The van der Waals surface area contributed by atoms with E-state index in [2.05, 4.69) is 17.5 Å². The lowest BCUT2D eigenvalue weighted by atomic mass is 10.2. The zero-order valence-corrected chi connectivity index (χ0v) is 11.5. The van der Waals surface area contributed by atoms with E-state index in [-0.39, 0.29) is 18.8 Å². The van der Waals surface area contributed by atoms with Crippen LogP contribution in [0.1, 0.15) is 24.8 Å². The van der Waals surface area contributed by atoms with Crippen LogP contribution >= 0.6 is 12.6 Å². The second-order valence-corrected chi connectivity index (χ2v) is 4.25. The summed E-state index contributed by atoms with van der Waals surface area (Å²) in [7, 11) is 0. The van der Waals surface area contributed by atoms with Gasteiger partial charge in [-0.05, 0) is 31.0 Å². The van der Waals surface area contributed by atoms with Gasteiger partial charge < -0.3 is 14.7 Å². The Balaban J connectivity index is 2.37. The number of benzene rings is 1. The smallest absolute Gasteiger partial charge is 0.311 e. The van der Waals surface area contributed by atoms with Crippen molar-refractivity contribution in [1.82, 2.24) is 0 Å². The summed E-state index contributed by atoms with van der Waals surface area (Å²) in [4.78, 5) is 25.6. The number of esters is 1. The van der Waals surface area contributed by atoms with E-state index in [1.54, 1.807) is 0 Å². The van der Waals surface area contributed by atoms with Crippen LogP contribution in [-0.2, 0) is 15.4 Å². The van der Waals surface area contributed by atoms with E-state index in [0.717, 1.165) is 0 Å². The predicted molar refractivity (Wildman–Crippen MR) is 73.2 cm³/mol. The Bertz CT molecular complexity index is 479. The van der Waals surface area contributed by atoms with Crippen molar-refractivity contribution in [3.63, 3.8) is 0 Å². The van der Waals surface area contributed by atoms with E-state index < -0.39 is 11.1 Å². The zero-order valence-electron chi connectivity index (χ0n) is 10.7. The molecule has 0 atom stereocenters. The quantitative estimate of drug-likeness (QED) is 0.190. The lowest BCUT2D eigenvalue weighted by molar-refractivity contribution is -0.757. The highest BCUT2D eigenvalue weighted by Gasteiger charge is 2.09. The summed E-state index contributed by atoms with van der Waals surface area (Å²) in [6.07, 6.45) is 0.958. The number of nitrogens with zero attached hydrogens (tertiary/aromatic N) is 1. The number of rotatable bonds is 8. The molecule has 0 heterocycles. The number of aromatic hydroxyl groups is 1. The molecule has 0 aromatic heterocycles. The normalized spacial score (nSPS) is 10.1. The molecule has 1 aromatic carbocycles. The molecule has 20 heavy (non-hydrogen) atoms. The number of phenolic OH excluding ortho intramolecular Hbond substituents is 1. The maximum absolute atomic E-state index is 11.6. The van der Waals surface area contributed by atoms with Crippen LogP contribution < -0.4 is 4.74 Å². The monoisotopic (exact) mass is 301 g/mol. The van der Waals surface area contributed by atoms with E-state index in [0.29, 0.717) is 29.9 Å². The minimum Gasteiger partial charge on any atom is -0.508 e. The third-order valence-electron chi connectivity index (χ3n) is 2.41. The Kier molecular flexibility index (Phi) is 6.65. The zero-order chi connectivity index (χ0) is 15.0. The fourth-order valence-electron chi connectivity index (χ4n) is 1.47. The highest BCUT2D eigenvalue weighted by atomic mass is 32.1. The molecule has 8 heteroatoms. The number of carbonyl (C=O) groups is 1. The molecule has 110 valence electrons. The molecular weight excluding hydrogens is 286 g/mol. The van der Waals surface area contributed by atoms with E-state index >= 15 is 0 Å². The summed E-state index contributed by atoms with van der Waals surface area (Å²) in [5.41, 5.74) is 0.610. The molecule has 0 spiro atoms. The molecule has 0 fully saturated rings. The molecule has 7 nitrogen and oxygen atoms in total.